The monoisotopic (exact) mass is 412 g/mol. The van der Waals surface area contributed by atoms with E-state index in [1.54, 1.807) is 60.3 Å². The third-order valence-electron chi connectivity index (χ3n) is 3.75. The van der Waals surface area contributed by atoms with Crippen LogP contribution in [0.4, 0.5) is 10.5 Å². The highest BCUT2D eigenvalue weighted by atomic mass is 35.5. The summed E-state index contributed by atoms with van der Waals surface area (Å²) in [5.74, 6) is 0.785. The first kappa shape index (κ1) is 19.8. The fourth-order valence-corrected chi connectivity index (χ4v) is 2.99. The van der Waals surface area contributed by atoms with Crippen LogP contribution in [0.15, 0.2) is 77.7 Å². The van der Waals surface area contributed by atoms with Gasteiger partial charge in [0.1, 0.15) is 11.5 Å². The van der Waals surface area contributed by atoms with Crippen LogP contribution in [0.1, 0.15) is 10.4 Å². The Balaban J connectivity index is 1.56. The van der Waals surface area contributed by atoms with E-state index in [9.17, 15) is 9.59 Å². The molecule has 0 spiro atoms. The number of amides is 3. The zero-order chi connectivity index (χ0) is 19.9. The zero-order valence-electron chi connectivity index (χ0n) is 14.9. The number of rotatable bonds is 5. The van der Waals surface area contributed by atoms with Crippen LogP contribution < -0.4 is 15.4 Å². The van der Waals surface area contributed by atoms with Crippen molar-refractivity contribution in [1.82, 2.24) is 5.32 Å². The molecular weight excluding hydrogens is 396 g/mol. The first-order valence-corrected chi connectivity index (χ1v) is 9.94. The summed E-state index contributed by atoms with van der Waals surface area (Å²) in [5.41, 5.74) is 0.755. The molecular formula is C21H17ClN2O3S. The highest BCUT2D eigenvalue weighted by molar-refractivity contribution is 7.98. The van der Waals surface area contributed by atoms with E-state index in [-0.39, 0.29) is 10.6 Å². The molecule has 0 bridgehead atoms. The van der Waals surface area contributed by atoms with Gasteiger partial charge in [-0.15, -0.1) is 11.8 Å². The lowest BCUT2D eigenvalue weighted by atomic mass is 10.2. The third-order valence-corrected chi connectivity index (χ3v) is 4.83. The number of hydrogen-bond acceptors (Lipinski definition) is 4. The number of carbonyl (C=O) groups excluding carboxylic acids is 2. The van der Waals surface area contributed by atoms with E-state index in [4.69, 9.17) is 16.3 Å². The van der Waals surface area contributed by atoms with Crippen LogP contribution in [-0.2, 0) is 0 Å². The van der Waals surface area contributed by atoms with E-state index in [1.165, 1.54) is 0 Å². The maximum atomic E-state index is 12.1. The average Bonchev–Trinajstić information content (AvgIpc) is 2.70. The summed E-state index contributed by atoms with van der Waals surface area (Å²) in [6, 6.07) is 20.4. The minimum absolute atomic E-state index is 0.232. The minimum Gasteiger partial charge on any atom is -0.457 e. The molecule has 0 radical (unpaired) electrons. The Hall–Kier alpha value is -2.96. The van der Waals surface area contributed by atoms with Crippen molar-refractivity contribution >= 4 is 41.0 Å². The Morgan fingerprint density at radius 2 is 1.50 bits per heavy atom. The topological polar surface area (TPSA) is 67.4 Å². The van der Waals surface area contributed by atoms with Crippen molar-refractivity contribution in [3.63, 3.8) is 0 Å². The Kier molecular flexibility index (Phi) is 6.57. The van der Waals surface area contributed by atoms with E-state index in [0.29, 0.717) is 11.4 Å². The summed E-state index contributed by atoms with van der Waals surface area (Å²) in [7, 11) is 0. The van der Waals surface area contributed by atoms with E-state index < -0.39 is 11.9 Å². The summed E-state index contributed by atoms with van der Waals surface area (Å²) in [6.45, 7) is 0. The molecule has 0 atom stereocenters. The van der Waals surface area contributed by atoms with Crippen LogP contribution in [0.2, 0.25) is 5.02 Å². The minimum atomic E-state index is -0.647. The second kappa shape index (κ2) is 9.30. The lowest BCUT2D eigenvalue weighted by Gasteiger charge is -2.09. The van der Waals surface area contributed by atoms with Crippen LogP contribution in [0.3, 0.4) is 0 Å². The largest absolute Gasteiger partial charge is 0.457 e. The Morgan fingerprint density at radius 1 is 0.893 bits per heavy atom. The highest BCUT2D eigenvalue weighted by Gasteiger charge is 2.13. The van der Waals surface area contributed by atoms with E-state index in [2.05, 4.69) is 10.6 Å². The Morgan fingerprint density at radius 3 is 2.11 bits per heavy atom. The highest BCUT2D eigenvalue weighted by Crippen LogP contribution is 2.25. The number of nitrogens with one attached hydrogen (secondary N) is 2. The zero-order valence-corrected chi connectivity index (χ0v) is 16.5. The van der Waals surface area contributed by atoms with Crippen molar-refractivity contribution in [2.45, 2.75) is 4.90 Å². The number of hydrogen-bond donors (Lipinski definition) is 2. The summed E-state index contributed by atoms with van der Waals surface area (Å²) in [5, 5.41) is 5.12. The lowest BCUT2D eigenvalue weighted by molar-refractivity contribution is 0.0967. The van der Waals surface area contributed by atoms with Crippen LogP contribution >= 0.6 is 23.4 Å². The van der Waals surface area contributed by atoms with Crippen molar-refractivity contribution in [3.8, 4) is 11.5 Å². The standard InChI is InChI=1S/C21H17ClN2O3S/c1-28-17-12-10-16(11-13-17)27-15-8-6-14(7-9-15)23-21(26)24-20(25)18-4-2-3-5-19(18)22/h2-13H,1H3,(H2,23,24,25,26). The first-order valence-electron chi connectivity index (χ1n) is 8.34. The number of thioether (sulfide) groups is 1. The molecule has 0 unspecified atom stereocenters. The maximum absolute atomic E-state index is 12.1. The summed E-state index contributed by atoms with van der Waals surface area (Å²) < 4.78 is 5.77. The molecule has 142 valence electrons. The molecule has 3 rings (SSSR count). The van der Waals surface area contributed by atoms with Gasteiger partial charge in [0.25, 0.3) is 5.91 Å². The van der Waals surface area contributed by atoms with Gasteiger partial charge in [0.15, 0.2) is 0 Å². The number of carbonyl (C=O) groups is 2. The molecule has 7 heteroatoms. The van der Waals surface area contributed by atoms with Gasteiger partial charge in [-0.05, 0) is 66.9 Å². The molecule has 0 aliphatic rings. The molecule has 0 fully saturated rings. The smallest absolute Gasteiger partial charge is 0.326 e. The number of ether oxygens (including phenoxy) is 1. The molecule has 28 heavy (non-hydrogen) atoms. The maximum Gasteiger partial charge on any atom is 0.326 e. The van der Waals surface area contributed by atoms with Gasteiger partial charge in [0.05, 0.1) is 10.6 Å². The fraction of sp³-hybridized carbons (Fsp3) is 0.0476. The second-order valence-corrected chi connectivity index (χ2v) is 6.98. The van der Waals surface area contributed by atoms with Crippen molar-refractivity contribution in [2.24, 2.45) is 0 Å². The van der Waals surface area contributed by atoms with E-state index >= 15 is 0 Å². The normalized spacial score (nSPS) is 10.2. The van der Waals surface area contributed by atoms with Crippen molar-refractivity contribution < 1.29 is 14.3 Å². The molecule has 3 aromatic rings. The van der Waals surface area contributed by atoms with Crippen LogP contribution in [0.5, 0.6) is 11.5 Å². The van der Waals surface area contributed by atoms with Gasteiger partial charge in [-0.1, -0.05) is 23.7 Å². The number of urea groups is 1. The van der Waals surface area contributed by atoms with Crippen molar-refractivity contribution in [3.05, 3.63) is 83.4 Å². The summed E-state index contributed by atoms with van der Waals surface area (Å²) in [6.07, 6.45) is 2.01. The number of anilines is 1. The number of halogens is 1. The Labute approximate surface area is 172 Å². The van der Waals surface area contributed by atoms with Gasteiger partial charge < -0.3 is 10.1 Å². The number of benzene rings is 3. The summed E-state index contributed by atoms with van der Waals surface area (Å²) >= 11 is 7.62. The van der Waals surface area contributed by atoms with Gasteiger partial charge in [-0.25, -0.2) is 4.79 Å². The van der Waals surface area contributed by atoms with Crippen LogP contribution in [-0.4, -0.2) is 18.2 Å². The van der Waals surface area contributed by atoms with Gasteiger partial charge >= 0.3 is 6.03 Å². The lowest BCUT2D eigenvalue weighted by Crippen LogP contribution is -2.34. The molecule has 0 saturated carbocycles. The molecule has 5 nitrogen and oxygen atoms in total. The third kappa shape index (κ3) is 5.28. The van der Waals surface area contributed by atoms with E-state index in [0.717, 1.165) is 10.6 Å². The van der Waals surface area contributed by atoms with Crippen molar-refractivity contribution in [1.29, 1.82) is 0 Å². The van der Waals surface area contributed by atoms with Gasteiger partial charge in [-0.2, -0.15) is 0 Å². The SMILES string of the molecule is CSc1ccc(Oc2ccc(NC(=O)NC(=O)c3ccccc3Cl)cc2)cc1. The molecule has 0 aliphatic carbocycles. The summed E-state index contributed by atoms with van der Waals surface area (Å²) in [4.78, 5) is 25.3. The predicted octanol–water partition coefficient (Wildman–Crippen LogP) is 5.82. The fourth-order valence-electron chi connectivity index (χ4n) is 2.36. The van der Waals surface area contributed by atoms with Crippen LogP contribution in [0.25, 0.3) is 0 Å². The molecule has 0 aromatic heterocycles. The van der Waals surface area contributed by atoms with Gasteiger partial charge in [0.2, 0.25) is 0 Å². The molecule has 2 N–H and O–H groups in total. The molecule has 0 heterocycles. The van der Waals surface area contributed by atoms with Crippen LogP contribution in [0, 0.1) is 0 Å². The van der Waals surface area contributed by atoms with E-state index in [1.807, 2.05) is 30.5 Å². The molecule has 3 aromatic carbocycles. The molecule has 3 amide bonds. The predicted molar refractivity (Wildman–Crippen MR) is 113 cm³/mol. The number of imide groups is 1. The van der Waals surface area contributed by atoms with Gasteiger partial charge in [-0.3, -0.25) is 10.1 Å². The van der Waals surface area contributed by atoms with Crippen molar-refractivity contribution in [2.75, 3.05) is 11.6 Å². The van der Waals surface area contributed by atoms with Gasteiger partial charge in [0, 0.05) is 10.6 Å². The first-order chi connectivity index (χ1) is 13.5. The molecule has 0 saturated heterocycles. The quantitative estimate of drug-likeness (QED) is 0.518. The Bertz CT molecular complexity index is 976. The second-order valence-electron chi connectivity index (χ2n) is 5.69. The average molecular weight is 413 g/mol. The molecule has 0 aliphatic heterocycles.